The van der Waals surface area contributed by atoms with E-state index >= 15 is 0 Å². The van der Waals surface area contributed by atoms with Gasteiger partial charge in [-0.1, -0.05) is 46.6 Å². The Morgan fingerprint density at radius 3 is 2.50 bits per heavy atom. The number of rotatable bonds is 7. The van der Waals surface area contributed by atoms with E-state index < -0.39 is 6.36 Å². The van der Waals surface area contributed by atoms with Crippen LogP contribution in [0.2, 0.25) is 0 Å². The van der Waals surface area contributed by atoms with Gasteiger partial charge in [-0.15, -0.1) is 13.2 Å². The van der Waals surface area contributed by atoms with Crippen LogP contribution in [0.4, 0.5) is 24.8 Å². The molecule has 7 heteroatoms. The van der Waals surface area contributed by atoms with E-state index in [-0.39, 0.29) is 5.75 Å². The summed E-state index contributed by atoms with van der Waals surface area (Å²) in [6, 6.07) is 12.7. The first-order chi connectivity index (χ1) is 16.1. The van der Waals surface area contributed by atoms with Crippen LogP contribution >= 0.6 is 0 Å². The van der Waals surface area contributed by atoms with Crippen molar-refractivity contribution < 1.29 is 17.9 Å². The molecule has 1 aliphatic rings. The zero-order valence-electron chi connectivity index (χ0n) is 20.3. The fourth-order valence-corrected chi connectivity index (χ4v) is 5.33. The van der Waals surface area contributed by atoms with Crippen LogP contribution in [-0.4, -0.2) is 15.9 Å². The minimum Gasteiger partial charge on any atom is -0.406 e. The summed E-state index contributed by atoms with van der Waals surface area (Å²) >= 11 is 0. The maximum Gasteiger partial charge on any atom is 0.573 e. The van der Waals surface area contributed by atoms with Gasteiger partial charge in [-0.25, -0.2) is 4.98 Å². The second-order valence-corrected chi connectivity index (χ2v) is 9.97. The number of hydrogen-bond acceptors (Lipinski definition) is 3. The Balaban J connectivity index is 1.74. The van der Waals surface area contributed by atoms with Gasteiger partial charge in [0.2, 0.25) is 5.95 Å². The van der Waals surface area contributed by atoms with Crippen LogP contribution in [0, 0.1) is 17.8 Å². The third-order valence-electron chi connectivity index (χ3n) is 6.96. The van der Waals surface area contributed by atoms with Crippen molar-refractivity contribution >= 4 is 22.7 Å². The van der Waals surface area contributed by atoms with Crippen molar-refractivity contribution in [2.45, 2.75) is 72.2 Å². The maximum absolute atomic E-state index is 12.5. The van der Waals surface area contributed by atoms with Crippen molar-refractivity contribution in [2.75, 3.05) is 5.32 Å². The van der Waals surface area contributed by atoms with Gasteiger partial charge in [0.05, 0.1) is 11.0 Å². The highest BCUT2D eigenvalue weighted by Gasteiger charge is 2.34. The number of imidazole rings is 1. The van der Waals surface area contributed by atoms with E-state index in [4.69, 9.17) is 4.98 Å². The maximum atomic E-state index is 12.5. The van der Waals surface area contributed by atoms with Gasteiger partial charge in [-0.3, -0.25) is 0 Å². The van der Waals surface area contributed by atoms with Crippen molar-refractivity contribution in [2.24, 2.45) is 17.8 Å². The Hall–Kier alpha value is -2.70. The molecule has 0 bridgehead atoms. The molecular weight excluding hydrogens is 439 g/mol. The Morgan fingerprint density at radius 2 is 1.85 bits per heavy atom. The standard InChI is InChI=1S/C27H34F3N3O/c1-5-6-19-8-14-24-23(16-19)32-26(31-20-9-11-21(12-10-20)34-27(28,29)30)33(24)25-15-18(4)7-13-22(25)17(2)3/h8-12,14,16-18,22,25H,5-7,13,15H2,1-4H3,(H,31,32)/t18-,22+,25-/m1/s1. The number of ether oxygens (including phenoxy) is 1. The lowest BCUT2D eigenvalue weighted by Crippen LogP contribution is -2.30. The number of aryl methyl sites for hydroxylation is 1. The first-order valence-corrected chi connectivity index (χ1v) is 12.3. The molecule has 1 N–H and O–H groups in total. The van der Waals surface area contributed by atoms with Crippen molar-refractivity contribution in [1.82, 2.24) is 9.55 Å². The zero-order chi connectivity index (χ0) is 24.5. The number of aromatic nitrogens is 2. The first-order valence-electron chi connectivity index (χ1n) is 12.3. The van der Waals surface area contributed by atoms with Gasteiger partial charge in [0.15, 0.2) is 0 Å². The molecule has 184 valence electrons. The second-order valence-electron chi connectivity index (χ2n) is 9.97. The first kappa shape index (κ1) is 24.4. The fourth-order valence-electron chi connectivity index (χ4n) is 5.33. The molecule has 1 saturated carbocycles. The number of nitrogens with zero attached hydrogens (tertiary/aromatic N) is 2. The van der Waals surface area contributed by atoms with Crippen molar-refractivity contribution in [3.8, 4) is 5.75 Å². The lowest BCUT2D eigenvalue weighted by molar-refractivity contribution is -0.274. The van der Waals surface area contributed by atoms with E-state index in [1.807, 2.05) is 0 Å². The van der Waals surface area contributed by atoms with Gasteiger partial charge in [0, 0.05) is 11.7 Å². The molecule has 0 spiro atoms. The molecule has 0 amide bonds. The Labute approximate surface area is 199 Å². The van der Waals surface area contributed by atoms with Crippen LogP contribution in [-0.2, 0) is 6.42 Å². The molecule has 2 aromatic carbocycles. The van der Waals surface area contributed by atoms with E-state index in [0.717, 1.165) is 36.2 Å². The second kappa shape index (κ2) is 9.88. The molecule has 4 nitrogen and oxygen atoms in total. The van der Waals surface area contributed by atoms with Gasteiger partial charge < -0.3 is 14.6 Å². The van der Waals surface area contributed by atoms with Gasteiger partial charge in [-0.05, 0) is 79.0 Å². The Morgan fingerprint density at radius 1 is 1.12 bits per heavy atom. The summed E-state index contributed by atoms with van der Waals surface area (Å²) in [5, 5.41) is 3.39. The van der Waals surface area contributed by atoms with Crippen LogP contribution < -0.4 is 10.1 Å². The topological polar surface area (TPSA) is 39.1 Å². The van der Waals surface area contributed by atoms with Crippen LogP contribution in [0.1, 0.15) is 65.0 Å². The molecule has 1 aliphatic carbocycles. The quantitative estimate of drug-likeness (QED) is 0.375. The van der Waals surface area contributed by atoms with Gasteiger partial charge in [-0.2, -0.15) is 0 Å². The molecule has 1 heterocycles. The number of hydrogen-bond donors (Lipinski definition) is 1. The summed E-state index contributed by atoms with van der Waals surface area (Å²) in [5.74, 6) is 2.20. The third kappa shape index (κ3) is 5.50. The molecular formula is C27H34F3N3O. The molecule has 1 fully saturated rings. The third-order valence-corrected chi connectivity index (χ3v) is 6.96. The summed E-state index contributed by atoms with van der Waals surface area (Å²) in [5.41, 5.74) is 3.98. The zero-order valence-corrected chi connectivity index (χ0v) is 20.3. The molecule has 3 atom stereocenters. The number of fused-ring (bicyclic) bond motifs is 1. The molecule has 0 saturated heterocycles. The van der Waals surface area contributed by atoms with Crippen LogP contribution in [0.5, 0.6) is 5.75 Å². The summed E-state index contributed by atoms with van der Waals surface area (Å²) in [7, 11) is 0. The molecule has 0 radical (unpaired) electrons. The average molecular weight is 474 g/mol. The minimum atomic E-state index is -4.71. The lowest BCUT2D eigenvalue weighted by atomic mass is 9.74. The molecule has 0 unspecified atom stereocenters. The van der Waals surface area contributed by atoms with Crippen LogP contribution in [0.25, 0.3) is 11.0 Å². The predicted octanol–water partition coefficient (Wildman–Crippen LogP) is 8.26. The summed E-state index contributed by atoms with van der Waals surface area (Å²) < 4.78 is 44.0. The van der Waals surface area contributed by atoms with E-state index in [1.54, 1.807) is 12.1 Å². The molecule has 3 aromatic rings. The summed E-state index contributed by atoms with van der Waals surface area (Å²) in [6.45, 7) is 9.06. The highest BCUT2D eigenvalue weighted by molar-refractivity contribution is 5.81. The number of nitrogens with one attached hydrogen (secondary N) is 1. The SMILES string of the molecule is CCCc1ccc2c(c1)nc(Nc1ccc(OC(F)(F)F)cc1)n2[C@@H]1C[C@H](C)CC[C@H]1C(C)C. The monoisotopic (exact) mass is 473 g/mol. The largest absolute Gasteiger partial charge is 0.573 e. The number of benzene rings is 2. The lowest BCUT2D eigenvalue weighted by Gasteiger charge is -2.39. The molecule has 34 heavy (non-hydrogen) atoms. The summed E-state index contributed by atoms with van der Waals surface area (Å²) in [6.07, 6.45) is 0.858. The van der Waals surface area contributed by atoms with Crippen molar-refractivity contribution in [3.05, 3.63) is 48.0 Å². The van der Waals surface area contributed by atoms with E-state index in [2.05, 4.69) is 60.5 Å². The van der Waals surface area contributed by atoms with E-state index in [1.165, 1.54) is 30.5 Å². The number of anilines is 2. The van der Waals surface area contributed by atoms with Crippen molar-refractivity contribution in [1.29, 1.82) is 0 Å². The Bertz CT molecular complexity index is 1100. The summed E-state index contributed by atoms with van der Waals surface area (Å²) in [4.78, 5) is 4.97. The van der Waals surface area contributed by atoms with E-state index in [9.17, 15) is 13.2 Å². The highest BCUT2D eigenvalue weighted by atomic mass is 19.4. The van der Waals surface area contributed by atoms with Crippen molar-refractivity contribution in [3.63, 3.8) is 0 Å². The highest BCUT2D eigenvalue weighted by Crippen LogP contribution is 2.44. The average Bonchev–Trinajstić information content (AvgIpc) is 3.11. The normalized spacial score (nSPS) is 21.2. The van der Waals surface area contributed by atoms with Gasteiger partial charge >= 0.3 is 6.36 Å². The van der Waals surface area contributed by atoms with Gasteiger partial charge in [0.25, 0.3) is 0 Å². The van der Waals surface area contributed by atoms with Crippen LogP contribution in [0.15, 0.2) is 42.5 Å². The Kier molecular flexibility index (Phi) is 7.10. The molecule has 4 rings (SSSR count). The molecule has 1 aromatic heterocycles. The number of alkyl halides is 3. The van der Waals surface area contributed by atoms with Crippen LogP contribution in [0.3, 0.4) is 0 Å². The molecule has 0 aliphatic heterocycles. The van der Waals surface area contributed by atoms with Gasteiger partial charge in [0.1, 0.15) is 5.75 Å². The number of halogens is 3. The predicted molar refractivity (Wildman–Crippen MR) is 131 cm³/mol. The smallest absolute Gasteiger partial charge is 0.406 e. The van der Waals surface area contributed by atoms with E-state index in [0.29, 0.717) is 29.5 Å². The minimum absolute atomic E-state index is 0.239. The fraction of sp³-hybridized carbons (Fsp3) is 0.519.